The lowest BCUT2D eigenvalue weighted by atomic mass is 10.4. The van der Waals surface area contributed by atoms with Crippen LogP contribution in [0.3, 0.4) is 0 Å². The number of hydrogen-bond donors (Lipinski definition) is 1. The van der Waals surface area contributed by atoms with Crippen molar-refractivity contribution in [3.05, 3.63) is 12.3 Å². The standard InChI is InChI=1S/C16H37NSi2/c1-7-18(5,6)15-11-13-17-14-12-16-19(8-2,9-3)10-4/h7,17H,1,8-16H2,2-6H3. The van der Waals surface area contributed by atoms with Crippen LogP contribution >= 0.6 is 0 Å². The topological polar surface area (TPSA) is 12.0 Å². The maximum Gasteiger partial charge on any atom is 0.0710 e. The zero-order chi connectivity index (χ0) is 14.8. The van der Waals surface area contributed by atoms with Crippen molar-refractivity contribution in [2.45, 2.75) is 76.9 Å². The Kier molecular flexibility index (Phi) is 10.0. The first-order valence-electron chi connectivity index (χ1n) is 8.29. The Morgan fingerprint density at radius 3 is 1.79 bits per heavy atom. The van der Waals surface area contributed by atoms with Crippen molar-refractivity contribution in [2.24, 2.45) is 0 Å². The third-order valence-electron chi connectivity index (χ3n) is 5.04. The first kappa shape index (κ1) is 19.1. The Morgan fingerprint density at radius 1 is 0.895 bits per heavy atom. The molecule has 3 heteroatoms. The second-order valence-corrected chi connectivity index (χ2v) is 17.2. The van der Waals surface area contributed by atoms with Gasteiger partial charge in [-0.15, -0.1) is 12.3 Å². The van der Waals surface area contributed by atoms with Crippen molar-refractivity contribution < 1.29 is 0 Å². The number of rotatable bonds is 12. The van der Waals surface area contributed by atoms with Gasteiger partial charge in [-0.05, 0) is 25.9 Å². The van der Waals surface area contributed by atoms with Gasteiger partial charge in [0, 0.05) is 0 Å². The van der Waals surface area contributed by atoms with Gasteiger partial charge in [0.2, 0.25) is 0 Å². The zero-order valence-corrected chi connectivity index (χ0v) is 16.1. The van der Waals surface area contributed by atoms with Crippen LogP contribution in [0.5, 0.6) is 0 Å². The van der Waals surface area contributed by atoms with Gasteiger partial charge in [0.15, 0.2) is 0 Å². The van der Waals surface area contributed by atoms with Crippen LogP contribution in [0.1, 0.15) is 33.6 Å². The fraction of sp³-hybridized carbons (Fsp3) is 0.875. The van der Waals surface area contributed by atoms with Gasteiger partial charge in [0.25, 0.3) is 0 Å². The first-order chi connectivity index (χ1) is 8.95. The van der Waals surface area contributed by atoms with E-state index in [0.29, 0.717) is 0 Å². The maximum absolute atomic E-state index is 3.96. The van der Waals surface area contributed by atoms with Crippen LogP contribution in [0.25, 0.3) is 0 Å². The third kappa shape index (κ3) is 8.10. The Bertz CT molecular complexity index is 227. The fourth-order valence-corrected chi connectivity index (χ4v) is 7.54. The second-order valence-electron chi connectivity index (χ2n) is 6.71. The quantitative estimate of drug-likeness (QED) is 0.381. The van der Waals surface area contributed by atoms with Gasteiger partial charge in [0.1, 0.15) is 0 Å². The highest BCUT2D eigenvalue weighted by molar-refractivity contribution is 6.82. The Hall–Kier alpha value is 0.134. The summed E-state index contributed by atoms with van der Waals surface area (Å²) >= 11 is 0. The molecule has 0 aromatic carbocycles. The van der Waals surface area contributed by atoms with Crippen LogP contribution in [0.15, 0.2) is 12.3 Å². The molecule has 0 fully saturated rings. The average molecular weight is 300 g/mol. The summed E-state index contributed by atoms with van der Waals surface area (Å²) in [6.45, 7) is 18.4. The van der Waals surface area contributed by atoms with Gasteiger partial charge >= 0.3 is 0 Å². The van der Waals surface area contributed by atoms with E-state index in [1.807, 2.05) is 0 Å². The van der Waals surface area contributed by atoms with E-state index in [1.54, 1.807) is 0 Å². The van der Waals surface area contributed by atoms with Crippen molar-refractivity contribution >= 4 is 16.1 Å². The molecule has 0 saturated carbocycles. The van der Waals surface area contributed by atoms with Crippen molar-refractivity contribution in [2.75, 3.05) is 13.1 Å². The second kappa shape index (κ2) is 9.95. The number of nitrogens with one attached hydrogen (secondary N) is 1. The summed E-state index contributed by atoms with van der Waals surface area (Å²) in [6.07, 6.45) is 2.72. The van der Waals surface area contributed by atoms with Gasteiger partial charge in [-0.1, -0.05) is 64.1 Å². The molecule has 0 aromatic rings. The lowest BCUT2D eigenvalue weighted by molar-refractivity contribution is 0.654. The van der Waals surface area contributed by atoms with Crippen molar-refractivity contribution in [3.63, 3.8) is 0 Å². The minimum Gasteiger partial charge on any atom is -0.317 e. The molecule has 114 valence electrons. The molecule has 1 N–H and O–H groups in total. The molecule has 0 rings (SSSR count). The van der Waals surface area contributed by atoms with E-state index in [2.05, 4.69) is 51.5 Å². The highest BCUT2D eigenvalue weighted by atomic mass is 28.3. The van der Waals surface area contributed by atoms with Crippen molar-refractivity contribution in [1.82, 2.24) is 5.32 Å². The molecule has 0 amide bonds. The SMILES string of the molecule is C=C[Si](C)(C)CCCNCCC[Si](CC)(CC)CC. The molecule has 1 nitrogen and oxygen atoms in total. The maximum atomic E-state index is 3.96. The summed E-state index contributed by atoms with van der Waals surface area (Å²) in [5.74, 6) is 0. The van der Waals surface area contributed by atoms with E-state index in [4.69, 9.17) is 0 Å². The van der Waals surface area contributed by atoms with Gasteiger partial charge < -0.3 is 5.32 Å². The van der Waals surface area contributed by atoms with Crippen LogP contribution in [0.2, 0.25) is 43.3 Å². The largest absolute Gasteiger partial charge is 0.317 e. The van der Waals surface area contributed by atoms with Crippen molar-refractivity contribution in [3.8, 4) is 0 Å². The molecule has 0 aliphatic rings. The van der Waals surface area contributed by atoms with Crippen molar-refractivity contribution in [1.29, 1.82) is 0 Å². The smallest absolute Gasteiger partial charge is 0.0710 e. The Labute approximate surface area is 124 Å². The lowest BCUT2D eigenvalue weighted by Gasteiger charge is -2.28. The molecule has 0 unspecified atom stereocenters. The minimum absolute atomic E-state index is 0.868. The fourth-order valence-electron chi connectivity index (χ4n) is 2.76. The third-order valence-corrected chi connectivity index (χ3v) is 13.7. The van der Waals surface area contributed by atoms with E-state index in [1.165, 1.54) is 56.2 Å². The molecule has 19 heavy (non-hydrogen) atoms. The highest BCUT2D eigenvalue weighted by Crippen LogP contribution is 2.26. The lowest BCUT2D eigenvalue weighted by Crippen LogP contribution is -2.32. The van der Waals surface area contributed by atoms with E-state index < -0.39 is 16.1 Å². The van der Waals surface area contributed by atoms with Crippen LogP contribution in [-0.2, 0) is 0 Å². The molecule has 0 spiro atoms. The minimum atomic E-state index is -1.06. The van der Waals surface area contributed by atoms with E-state index >= 15 is 0 Å². The van der Waals surface area contributed by atoms with E-state index in [9.17, 15) is 0 Å². The predicted molar refractivity (Wildman–Crippen MR) is 96.6 cm³/mol. The molecule has 0 saturated heterocycles. The first-order valence-corrected chi connectivity index (χ1v) is 14.4. The monoisotopic (exact) mass is 299 g/mol. The number of hydrogen-bond acceptors (Lipinski definition) is 1. The summed E-state index contributed by atoms with van der Waals surface area (Å²) < 4.78 is 0. The van der Waals surface area contributed by atoms with E-state index in [-0.39, 0.29) is 0 Å². The van der Waals surface area contributed by atoms with Crippen LogP contribution in [-0.4, -0.2) is 29.2 Å². The van der Waals surface area contributed by atoms with Gasteiger partial charge in [-0.25, -0.2) is 0 Å². The van der Waals surface area contributed by atoms with Gasteiger partial charge in [-0.3, -0.25) is 0 Å². The summed E-state index contributed by atoms with van der Waals surface area (Å²) in [7, 11) is -1.93. The molecule has 0 aliphatic heterocycles. The molecular weight excluding hydrogens is 262 g/mol. The predicted octanol–water partition coefficient (Wildman–Crippen LogP) is 5.30. The van der Waals surface area contributed by atoms with Crippen LogP contribution < -0.4 is 5.32 Å². The summed E-state index contributed by atoms with van der Waals surface area (Å²) in [6, 6.07) is 7.31. The molecule has 0 radical (unpaired) electrons. The Morgan fingerprint density at radius 2 is 1.37 bits per heavy atom. The van der Waals surface area contributed by atoms with Gasteiger partial charge in [-0.2, -0.15) is 0 Å². The summed E-state index contributed by atoms with van der Waals surface area (Å²) in [5.41, 5.74) is 2.22. The molecule has 0 bridgehead atoms. The summed E-state index contributed by atoms with van der Waals surface area (Å²) in [4.78, 5) is 0. The van der Waals surface area contributed by atoms with Gasteiger partial charge in [0.05, 0.1) is 16.1 Å². The molecular formula is C16H37NSi2. The van der Waals surface area contributed by atoms with Crippen LogP contribution in [0.4, 0.5) is 0 Å². The summed E-state index contributed by atoms with van der Waals surface area (Å²) in [5, 5.41) is 3.64. The van der Waals surface area contributed by atoms with Crippen LogP contribution in [0, 0.1) is 0 Å². The Balaban J connectivity index is 3.63. The molecule has 0 aromatic heterocycles. The van der Waals surface area contributed by atoms with E-state index in [0.717, 1.165) is 0 Å². The molecule has 0 atom stereocenters. The normalized spacial score (nSPS) is 12.7. The highest BCUT2D eigenvalue weighted by Gasteiger charge is 2.25. The molecule has 0 heterocycles. The zero-order valence-electron chi connectivity index (χ0n) is 14.1. The molecule has 0 aliphatic carbocycles. The average Bonchev–Trinajstić information content (AvgIpc) is 2.43.